The molecule has 1 amide bonds. The molecule has 1 fully saturated rings. The fourth-order valence-electron chi connectivity index (χ4n) is 1.89. The third-order valence-electron chi connectivity index (χ3n) is 3.47. The lowest BCUT2D eigenvalue weighted by Crippen LogP contribution is -2.59. The van der Waals surface area contributed by atoms with Gasteiger partial charge in [0.1, 0.15) is 0 Å². The number of hydrogen-bond acceptors (Lipinski definition) is 5. The number of ether oxygens (including phenoxy) is 2. The minimum absolute atomic E-state index is 0.0170. The molecule has 0 bridgehead atoms. The number of rotatable bonds is 7. The van der Waals surface area contributed by atoms with Crippen molar-refractivity contribution >= 4 is 17.8 Å². The first-order valence-electron chi connectivity index (χ1n) is 7.31. The van der Waals surface area contributed by atoms with Gasteiger partial charge in [-0.15, -0.1) is 0 Å². The van der Waals surface area contributed by atoms with Gasteiger partial charge in [-0.1, -0.05) is 0 Å². The molecule has 124 valence electrons. The number of amides is 1. The van der Waals surface area contributed by atoms with Crippen LogP contribution in [0.15, 0.2) is 11.4 Å². The second-order valence-corrected chi connectivity index (χ2v) is 5.29. The fourth-order valence-corrected chi connectivity index (χ4v) is 1.89. The van der Waals surface area contributed by atoms with Crippen molar-refractivity contribution in [1.29, 1.82) is 0 Å². The van der Waals surface area contributed by atoms with Crippen LogP contribution in [0.2, 0.25) is 0 Å². The molecule has 0 unspecified atom stereocenters. The van der Waals surface area contributed by atoms with Gasteiger partial charge in [-0.3, -0.25) is 4.79 Å². The number of esters is 2. The van der Waals surface area contributed by atoms with Crippen molar-refractivity contribution < 1.29 is 28.2 Å². The van der Waals surface area contributed by atoms with Gasteiger partial charge in [0.2, 0.25) is 5.54 Å². The first-order valence-corrected chi connectivity index (χ1v) is 7.31. The van der Waals surface area contributed by atoms with E-state index in [2.05, 4.69) is 5.32 Å². The summed E-state index contributed by atoms with van der Waals surface area (Å²) >= 11 is 0. The summed E-state index contributed by atoms with van der Waals surface area (Å²) in [5.74, 6) is -4.00. The molecule has 1 saturated carbocycles. The number of nitrogens with one attached hydrogen (secondary N) is 1. The Balaban J connectivity index is 2.97. The minimum Gasteiger partial charge on any atom is -0.464 e. The van der Waals surface area contributed by atoms with Crippen molar-refractivity contribution in [2.45, 2.75) is 46.1 Å². The Hall–Kier alpha value is -1.92. The molecule has 6 nitrogen and oxygen atoms in total. The molecule has 22 heavy (non-hydrogen) atoms. The van der Waals surface area contributed by atoms with Gasteiger partial charge < -0.3 is 14.8 Å². The quantitative estimate of drug-likeness (QED) is 0.439. The third-order valence-corrected chi connectivity index (χ3v) is 3.47. The molecule has 1 aliphatic rings. The molecule has 1 aliphatic carbocycles. The Labute approximate surface area is 129 Å². The summed E-state index contributed by atoms with van der Waals surface area (Å²) in [6.45, 7) is 5.82. The van der Waals surface area contributed by atoms with Gasteiger partial charge in [0, 0.05) is 0 Å². The van der Waals surface area contributed by atoms with E-state index in [0.29, 0.717) is 5.57 Å². The van der Waals surface area contributed by atoms with Gasteiger partial charge in [0.15, 0.2) is 5.83 Å². The lowest BCUT2D eigenvalue weighted by molar-refractivity contribution is -0.166. The molecule has 0 aromatic rings. The summed E-state index contributed by atoms with van der Waals surface area (Å²) in [6.07, 6.45) is 1.67. The van der Waals surface area contributed by atoms with Crippen LogP contribution in [-0.4, -0.2) is 36.6 Å². The highest BCUT2D eigenvalue weighted by Gasteiger charge is 2.46. The van der Waals surface area contributed by atoms with E-state index in [0.717, 1.165) is 19.8 Å². The molecular formula is C15H22FNO5. The van der Waals surface area contributed by atoms with Gasteiger partial charge in [-0.25, -0.2) is 14.0 Å². The number of carbonyl (C=O) groups is 3. The normalized spacial score (nSPS) is 15.7. The molecule has 0 spiro atoms. The van der Waals surface area contributed by atoms with Crippen molar-refractivity contribution in [2.75, 3.05) is 13.2 Å². The molecule has 0 radical (unpaired) electrons. The smallest absolute Gasteiger partial charge is 0.343 e. The largest absolute Gasteiger partial charge is 0.464 e. The van der Waals surface area contributed by atoms with Crippen LogP contribution in [-0.2, 0) is 23.9 Å². The summed E-state index contributed by atoms with van der Waals surface area (Å²) in [6, 6.07) is 0. The van der Waals surface area contributed by atoms with E-state index >= 15 is 0 Å². The Bertz CT molecular complexity index is 478. The van der Waals surface area contributed by atoms with Crippen LogP contribution < -0.4 is 5.32 Å². The summed E-state index contributed by atoms with van der Waals surface area (Å²) in [5.41, 5.74) is -1.75. The molecule has 0 aliphatic heterocycles. The molecule has 0 saturated heterocycles. The maximum Gasteiger partial charge on any atom is 0.343 e. The van der Waals surface area contributed by atoms with Crippen LogP contribution in [0.5, 0.6) is 0 Å². The Kier molecular flexibility index (Phi) is 6.08. The molecule has 0 heterocycles. The van der Waals surface area contributed by atoms with E-state index in [1.165, 1.54) is 6.92 Å². The van der Waals surface area contributed by atoms with E-state index < -0.39 is 29.2 Å². The minimum atomic E-state index is -2.08. The lowest BCUT2D eigenvalue weighted by atomic mass is 10.0. The Morgan fingerprint density at radius 3 is 1.95 bits per heavy atom. The Morgan fingerprint density at radius 2 is 1.59 bits per heavy atom. The number of carbonyl (C=O) groups excluding carboxylic acids is 3. The summed E-state index contributed by atoms with van der Waals surface area (Å²) < 4.78 is 23.6. The summed E-state index contributed by atoms with van der Waals surface area (Å²) in [7, 11) is 0. The molecule has 7 heteroatoms. The zero-order chi connectivity index (χ0) is 16.9. The van der Waals surface area contributed by atoms with Crippen molar-refractivity contribution in [3.05, 3.63) is 11.4 Å². The zero-order valence-corrected chi connectivity index (χ0v) is 13.3. The van der Waals surface area contributed by atoms with Gasteiger partial charge in [-0.2, -0.15) is 0 Å². The van der Waals surface area contributed by atoms with Crippen molar-refractivity contribution in [1.82, 2.24) is 5.32 Å². The van der Waals surface area contributed by atoms with Crippen LogP contribution >= 0.6 is 0 Å². The highest BCUT2D eigenvalue weighted by atomic mass is 19.1. The number of hydrogen-bond donors (Lipinski definition) is 1. The highest BCUT2D eigenvalue weighted by molar-refractivity contribution is 6.09. The van der Waals surface area contributed by atoms with E-state index in [1.807, 2.05) is 0 Å². The lowest BCUT2D eigenvalue weighted by Gasteiger charge is -2.25. The summed E-state index contributed by atoms with van der Waals surface area (Å²) in [5, 5.41) is 2.10. The topological polar surface area (TPSA) is 81.7 Å². The second kappa shape index (κ2) is 7.38. The first kappa shape index (κ1) is 18.1. The van der Waals surface area contributed by atoms with Crippen LogP contribution in [0.1, 0.15) is 40.5 Å². The van der Waals surface area contributed by atoms with E-state index in [4.69, 9.17) is 9.47 Å². The van der Waals surface area contributed by atoms with Crippen molar-refractivity contribution in [2.24, 2.45) is 5.92 Å². The van der Waals surface area contributed by atoms with Gasteiger partial charge in [0.25, 0.3) is 5.91 Å². The molecule has 0 aromatic heterocycles. The van der Waals surface area contributed by atoms with Gasteiger partial charge in [-0.05, 0) is 52.0 Å². The van der Waals surface area contributed by atoms with Crippen molar-refractivity contribution in [3.63, 3.8) is 0 Å². The molecule has 0 atom stereocenters. The average molecular weight is 315 g/mol. The molecule has 1 rings (SSSR count). The van der Waals surface area contributed by atoms with Crippen LogP contribution in [0.25, 0.3) is 0 Å². The van der Waals surface area contributed by atoms with Crippen LogP contribution in [0, 0.1) is 5.92 Å². The van der Waals surface area contributed by atoms with Crippen LogP contribution in [0.4, 0.5) is 4.39 Å². The second-order valence-electron chi connectivity index (χ2n) is 5.29. The average Bonchev–Trinajstić information content (AvgIpc) is 3.30. The van der Waals surface area contributed by atoms with E-state index in [1.54, 1.807) is 13.8 Å². The first-order chi connectivity index (χ1) is 10.3. The van der Waals surface area contributed by atoms with Crippen molar-refractivity contribution in [3.8, 4) is 0 Å². The summed E-state index contributed by atoms with van der Waals surface area (Å²) in [4.78, 5) is 35.9. The van der Waals surface area contributed by atoms with Gasteiger partial charge in [0.05, 0.1) is 13.2 Å². The fraction of sp³-hybridized carbons (Fsp3) is 0.667. The SMILES string of the molecule is CCOC(=O)C(C)(NC(=O)C(F)=C(C)C1CC1)C(=O)OCC. The Morgan fingerprint density at radius 1 is 1.14 bits per heavy atom. The van der Waals surface area contributed by atoms with E-state index in [-0.39, 0.29) is 19.1 Å². The highest BCUT2D eigenvalue weighted by Crippen LogP contribution is 2.38. The zero-order valence-electron chi connectivity index (χ0n) is 13.3. The molecule has 1 N–H and O–H groups in total. The molecule has 0 aromatic carbocycles. The standard InChI is InChI=1S/C15H22FNO5/c1-5-21-13(19)15(4,14(20)22-6-2)17-12(18)11(16)9(3)10-7-8-10/h10H,5-8H2,1-4H3,(H,17,18). The molecular weight excluding hydrogens is 293 g/mol. The van der Waals surface area contributed by atoms with Crippen LogP contribution in [0.3, 0.4) is 0 Å². The maximum atomic E-state index is 14.1. The predicted octanol–water partition coefficient (Wildman–Crippen LogP) is 1.64. The van der Waals surface area contributed by atoms with Gasteiger partial charge >= 0.3 is 11.9 Å². The number of allylic oxidation sites excluding steroid dienone is 1. The number of halogens is 1. The van der Waals surface area contributed by atoms with E-state index in [9.17, 15) is 18.8 Å². The maximum absolute atomic E-state index is 14.1. The predicted molar refractivity (Wildman–Crippen MR) is 76.3 cm³/mol. The third kappa shape index (κ3) is 4.05. The monoisotopic (exact) mass is 315 g/mol.